The number of nitrogens with one attached hydrogen (secondary N) is 1. The monoisotopic (exact) mass is 321 g/mol. The lowest BCUT2D eigenvalue weighted by Gasteiger charge is -2.24. The predicted octanol–water partition coefficient (Wildman–Crippen LogP) is 3.16. The van der Waals surface area contributed by atoms with Gasteiger partial charge in [0.05, 0.1) is 11.2 Å². The molecule has 1 unspecified atom stereocenters. The van der Waals surface area contributed by atoms with E-state index in [0.29, 0.717) is 18.8 Å². The molecule has 0 radical (unpaired) electrons. The number of hydrogen-bond donors (Lipinski definition) is 2. The van der Waals surface area contributed by atoms with Crippen LogP contribution >= 0.6 is 0 Å². The van der Waals surface area contributed by atoms with Gasteiger partial charge in [0.1, 0.15) is 0 Å². The number of halogens is 4. The first-order valence-electron chi connectivity index (χ1n) is 6.88. The highest BCUT2D eigenvalue weighted by Crippen LogP contribution is 2.19. The third-order valence-corrected chi connectivity index (χ3v) is 3.24. The molecule has 0 bridgehead atoms. The second kappa shape index (κ2) is 7.09. The molecule has 2 N–H and O–H groups in total. The van der Waals surface area contributed by atoms with E-state index >= 15 is 0 Å². The van der Waals surface area contributed by atoms with Crippen LogP contribution < -0.4 is 5.32 Å². The van der Waals surface area contributed by atoms with Crippen LogP contribution in [0.5, 0.6) is 0 Å². The van der Waals surface area contributed by atoms with Gasteiger partial charge >= 0.3 is 0 Å². The predicted molar refractivity (Wildman–Crippen MR) is 73.3 cm³/mol. The van der Waals surface area contributed by atoms with E-state index in [2.05, 4.69) is 5.32 Å². The smallest absolute Gasteiger partial charge is 0.254 e. The molecular formula is C15H19F4NO2. The fourth-order valence-electron chi connectivity index (χ4n) is 1.79. The maximum absolute atomic E-state index is 13.5. The quantitative estimate of drug-likeness (QED) is 0.480. The summed E-state index contributed by atoms with van der Waals surface area (Å²) in [5, 5.41) is 12.3. The van der Waals surface area contributed by atoms with Gasteiger partial charge in [-0.25, -0.2) is 17.6 Å². The van der Waals surface area contributed by atoms with Crippen molar-refractivity contribution in [2.75, 3.05) is 6.54 Å². The van der Waals surface area contributed by atoms with Crippen molar-refractivity contribution >= 4 is 5.91 Å². The number of benzene rings is 1. The van der Waals surface area contributed by atoms with Crippen LogP contribution in [0, 0.1) is 29.2 Å². The average Bonchev–Trinajstić information content (AvgIpc) is 2.44. The molecule has 0 saturated heterocycles. The molecule has 0 heterocycles. The van der Waals surface area contributed by atoms with Crippen LogP contribution in [0.4, 0.5) is 17.6 Å². The summed E-state index contributed by atoms with van der Waals surface area (Å²) < 4.78 is 52.4. The summed E-state index contributed by atoms with van der Waals surface area (Å²) in [5.41, 5.74) is -2.19. The molecule has 0 fully saturated rings. The Bertz CT molecular complexity index is 559. The van der Waals surface area contributed by atoms with Crippen molar-refractivity contribution in [1.29, 1.82) is 0 Å². The molecule has 3 nitrogen and oxygen atoms in total. The van der Waals surface area contributed by atoms with Crippen molar-refractivity contribution < 1.29 is 27.5 Å². The van der Waals surface area contributed by atoms with Gasteiger partial charge in [0.2, 0.25) is 0 Å². The summed E-state index contributed by atoms with van der Waals surface area (Å²) >= 11 is 0. The second-order valence-corrected chi connectivity index (χ2v) is 5.96. The molecule has 1 atom stereocenters. The minimum absolute atomic E-state index is 0.224. The number of carbonyl (C=O) groups is 1. The van der Waals surface area contributed by atoms with Crippen molar-refractivity contribution in [3.63, 3.8) is 0 Å². The van der Waals surface area contributed by atoms with Gasteiger partial charge in [0.15, 0.2) is 23.3 Å². The Morgan fingerprint density at radius 3 is 2.36 bits per heavy atom. The van der Waals surface area contributed by atoms with E-state index in [1.165, 1.54) is 6.92 Å². The summed E-state index contributed by atoms with van der Waals surface area (Å²) in [4.78, 5) is 11.7. The molecule has 1 aromatic carbocycles. The van der Waals surface area contributed by atoms with Crippen molar-refractivity contribution in [3.05, 3.63) is 34.9 Å². The molecule has 1 aromatic rings. The molecule has 0 saturated carbocycles. The Labute approximate surface area is 126 Å². The largest absolute Gasteiger partial charge is 0.388 e. The van der Waals surface area contributed by atoms with Crippen molar-refractivity contribution in [2.24, 2.45) is 5.92 Å². The molecule has 1 amide bonds. The topological polar surface area (TPSA) is 49.3 Å². The molecule has 0 aliphatic rings. The molecular weight excluding hydrogens is 302 g/mol. The van der Waals surface area contributed by atoms with Gasteiger partial charge in [-0.15, -0.1) is 0 Å². The molecule has 22 heavy (non-hydrogen) atoms. The number of hydrogen-bond acceptors (Lipinski definition) is 2. The van der Waals surface area contributed by atoms with Crippen molar-refractivity contribution in [3.8, 4) is 0 Å². The molecule has 0 spiro atoms. The van der Waals surface area contributed by atoms with E-state index in [4.69, 9.17) is 0 Å². The first-order valence-corrected chi connectivity index (χ1v) is 6.88. The number of rotatable bonds is 6. The van der Waals surface area contributed by atoms with Gasteiger partial charge in [0.25, 0.3) is 5.91 Å². The summed E-state index contributed by atoms with van der Waals surface area (Å²) in [6.45, 7) is 5.19. The van der Waals surface area contributed by atoms with E-state index < -0.39 is 40.3 Å². The van der Waals surface area contributed by atoms with Crippen LogP contribution in [0.15, 0.2) is 6.07 Å². The Kier molecular flexibility index (Phi) is 5.93. The fraction of sp³-hybridized carbons (Fsp3) is 0.533. The Balaban J connectivity index is 2.78. The zero-order chi connectivity index (χ0) is 17.1. The average molecular weight is 321 g/mol. The third-order valence-electron chi connectivity index (χ3n) is 3.24. The number of aliphatic hydroxyl groups is 1. The third kappa shape index (κ3) is 4.69. The highest BCUT2D eigenvalue weighted by Gasteiger charge is 2.26. The first-order chi connectivity index (χ1) is 10.0. The van der Waals surface area contributed by atoms with Gasteiger partial charge in [-0.1, -0.05) is 13.8 Å². The van der Waals surface area contributed by atoms with E-state index in [-0.39, 0.29) is 12.6 Å². The summed E-state index contributed by atoms with van der Waals surface area (Å²) in [5.74, 6) is -8.22. The highest BCUT2D eigenvalue weighted by atomic mass is 19.2. The Morgan fingerprint density at radius 2 is 1.82 bits per heavy atom. The number of amides is 1. The zero-order valence-electron chi connectivity index (χ0n) is 12.6. The second-order valence-electron chi connectivity index (χ2n) is 5.96. The molecule has 7 heteroatoms. The maximum Gasteiger partial charge on any atom is 0.254 e. The van der Waals surface area contributed by atoms with Crippen LogP contribution in [0.2, 0.25) is 0 Å². The maximum atomic E-state index is 13.5. The van der Waals surface area contributed by atoms with E-state index in [1.54, 1.807) is 0 Å². The van der Waals surface area contributed by atoms with E-state index in [9.17, 15) is 27.5 Å². The van der Waals surface area contributed by atoms with Crippen LogP contribution in [-0.4, -0.2) is 23.2 Å². The van der Waals surface area contributed by atoms with Gasteiger partial charge in [-0.2, -0.15) is 0 Å². The summed E-state index contributed by atoms with van der Waals surface area (Å²) in [6, 6.07) is 0.284. The minimum Gasteiger partial charge on any atom is -0.388 e. The van der Waals surface area contributed by atoms with E-state index in [0.717, 1.165) is 0 Å². The Hall–Kier alpha value is -1.63. The molecule has 124 valence electrons. The van der Waals surface area contributed by atoms with E-state index in [1.807, 2.05) is 13.8 Å². The molecule has 1 rings (SSSR count). The van der Waals surface area contributed by atoms with Crippen molar-refractivity contribution in [2.45, 2.75) is 39.2 Å². The van der Waals surface area contributed by atoms with Crippen LogP contribution in [-0.2, 0) is 0 Å². The van der Waals surface area contributed by atoms with Gasteiger partial charge in [0, 0.05) is 6.54 Å². The molecule has 0 aliphatic carbocycles. The standard InChI is InChI=1S/C15H19F4NO2/c1-8(2)4-5-15(3,22)7-20-14(21)9-6-10(16)12(18)13(19)11(9)17/h6,8,22H,4-5,7H2,1-3H3,(H,20,21). The molecule has 0 aromatic heterocycles. The first kappa shape index (κ1) is 18.4. The van der Waals surface area contributed by atoms with Gasteiger partial charge in [-0.05, 0) is 31.7 Å². The normalized spacial score (nSPS) is 14.0. The lowest BCUT2D eigenvalue weighted by Crippen LogP contribution is -2.41. The van der Waals surface area contributed by atoms with Crippen LogP contribution in [0.3, 0.4) is 0 Å². The fourth-order valence-corrected chi connectivity index (χ4v) is 1.79. The van der Waals surface area contributed by atoms with Crippen LogP contribution in [0.25, 0.3) is 0 Å². The van der Waals surface area contributed by atoms with Gasteiger partial charge in [-0.3, -0.25) is 4.79 Å². The van der Waals surface area contributed by atoms with Crippen molar-refractivity contribution in [1.82, 2.24) is 5.32 Å². The van der Waals surface area contributed by atoms with Crippen LogP contribution in [0.1, 0.15) is 44.0 Å². The SMILES string of the molecule is CC(C)CCC(C)(O)CNC(=O)c1cc(F)c(F)c(F)c1F. The zero-order valence-corrected chi connectivity index (χ0v) is 12.6. The van der Waals surface area contributed by atoms with Gasteiger partial charge < -0.3 is 10.4 Å². The Morgan fingerprint density at radius 1 is 1.23 bits per heavy atom. The summed E-state index contributed by atoms with van der Waals surface area (Å²) in [6.07, 6.45) is 1.09. The minimum atomic E-state index is -2.04. The number of carbonyl (C=O) groups excluding carboxylic acids is 1. The summed E-state index contributed by atoms with van der Waals surface area (Å²) in [7, 11) is 0. The lowest BCUT2D eigenvalue weighted by atomic mass is 9.95. The lowest BCUT2D eigenvalue weighted by molar-refractivity contribution is 0.0428. The highest BCUT2D eigenvalue weighted by molar-refractivity contribution is 5.94. The molecule has 0 aliphatic heterocycles.